The van der Waals surface area contributed by atoms with E-state index in [9.17, 15) is 4.79 Å². The second-order valence-electron chi connectivity index (χ2n) is 1.92. The molecule has 4 heteroatoms. The summed E-state index contributed by atoms with van der Waals surface area (Å²) in [6.45, 7) is 0. The lowest BCUT2D eigenvalue weighted by molar-refractivity contribution is -0.112. The van der Waals surface area contributed by atoms with Gasteiger partial charge in [0.15, 0.2) is 5.78 Å². The Bertz CT molecular complexity index is 210. The van der Waals surface area contributed by atoms with Crippen molar-refractivity contribution in [1.29, 1.82) is 5.41 Å². The number of hydrogen-bond acceptors (Lipinski definition) is 4. The van der Waals surface area contributed by atoms with Crippen molar-refractivity contribution < 1.29 is 9.90 Å². The molecule has 0 aliphatic carbocycles. The Labute approximate surface area is 62.6 Å². The van der Waals surface area contributed by atoms with E-state index < -0.39 is 0 Å². The van der Waals surface area contributed by atoms with Gasteiger partial charge in [0, 0.05) is 6.21 Å². The SMILES string of the molecule is N=CC1=C(O)CSCC1=O. The summed E-state index contributed by atoms with van der Waals surface area (Å²) in [6, 6.07) is 0. The summed E-state index contributed by atoms with van der Waals surface area (Å²) in [5.41, 5.74) is 0.166. The first-order chi connectivity index (χ1) is 4.75. The molecule has 0 saturated carbocycles. The predicted octanol–water partition coefficient (Wildman–Crippen LogP) is 0.764. The van der Waals surface area contributed by atoms with Crippen molar-refractivity contribution in [3.05, 3.63) is 11.3 Å². The molecule has 54 valence electrons. The number of Topliss-reactive ketones (excluding diaryl/α,β-unsaturated/α-hetero) is 1. The standard InChI is InChI=1S/C6H7NO2S/c7-1-4-5(8)2-10-3-6(4)9/h1,7-8H,2-3H2. The van der Waals surface area contributed by atoms with Gasteiger partial charge < -0.3 is 10.5 Å². The third kappa shape index (κ3) is 1.21. The van der Waals surface area contributed by atoms with Crippen LogP contribution in [0.15, 0.2) is 11.3 Å². The van der Waals surface area contributed by atoms with Crippen LogP contribution in [-0.4, -0.2) is 28.6 Å². The van der Waals surface area contributed by atoms with Gasteiger partial charge in [0.2, 0.25) is 0 Å². The van der Waals surface area contributed by atoms with Crippen LogP contribution in [-0.2, 0) is 4.79 Å². The van der Waals surface area contributed by atoms with Crippen molar-refractivity contribution in [3.63, 3.8) is 0 Å². The Morgan fingerprint density at radius 2 is 2.30 bits per heavy atom. The summed E-state index contributed by atoms with van der Waals surface area (Å²) in [5, 5.41) is 15.8. The summed E-state index contributed by atoms with van der Waals surface area (Å²) in [4.78, 5) is 10.8. The van der Waals surface area contributed by atoms with E-state index in [-0.39, 0.29) is 17.1 Å². The maximum atomic E-state index is 10.8. The number of aliphatic hydroxyl groups is 1. The predicted molar refractivity (Wildman–Crippen MR) is 40.8 cm³/mol. The topological polar surface area (TPSA) is 61.1 Å². The van der Waals surface area contributed by atoms with E-state index in [1.165, 1.54) is 11.8 Å². The van der Waals surface area contributed by atoms with Gasteiger partial charge in [-0.15, -0.1) is 11.8 Å². The number of aliphatic hydroxyl groups excluding tert-OH is 1. The molecule has 0 saturated heterocycles. The minimum absolute atomic E-state index is 0.0382. The summed E-state index contributed by atoms with van der Waals surface area (Å²) < 4.78 is 0. The molecular weight excluding hydrogens is 150 g/mol. The zero-order valence-corrected chi connectivity index (χ0v) is 6.07. The van der Waals surface area contributed by atoms with Crippen LogP contribution < -0.4 is 0 Å². The average Bonchev–Trinajstić information content (AvgIpc) is 1.88. The maximum Gasteiger partial charge on any atom is 0.177 e. The van der Waals surface area contributed by atoms with Gasteiger partial charge in [0.25, 0.3) is 0 Å². The molecule has 0 amide bonds. The van der Waals surface area contributed by atoms with E-state index in [0.29, 0.717) is 11.5 Å². The van der Waals surface area contributed by atoms with Crippen molar-refractivity contribution >= 4 is 23.8 Å². The molecule has 1 rings (SSSR count). The van der Waals surface area contributed by atoms with Gasteiger partial charge in [0.1, 0.15) is 5.76 Å². The van der Waals surface area contributed by atoms with Crippen molar-refractivity contribution in [2.45, 2.75) is 0 Å². The fourth-order valence-corrected chi connectivity index (χ4v) is 1.51. The lowest BCUT2D eigenvalue weighted by atomic mass is 10.2. The number of hydrogen-bond donors (Lipinski definition) is 2. The Morgan fingerprint density at radius 3 is 2.70 bits per heavy atom. The van der Waals surface area contributed by atoms with Crippen molar-refractivity contribution in [1.82, 2.24) is 0 Å². The fraction of sp³-hybridized carbons (Fsp3) is 0.333. The number of allylic oxidation sites excluding steroid dienone is 1. The van der Waals surface area contributed by atoms with E-state index in [1.54, 1.807) is 0 Å². The summed E-state index contributed by atoms with van der Waals surface area (Å²) in [6.07, 6.45) is 0.914. The van der Waals surface area contributed by atoms with E-state index in [1.807, 2.05) is 0 Å². The molecule has 0 spiro atoms. The Hall–Kier alpha value is -0.770. The highest BCUT2D eigenvalue weighted by Crippen LogP contribution is 2.17. The van der Waals surface area contributed by atoms with Gasteiger partial charge in [-0.3, -0.25) is 4.79 Å². The average molecular weight is 157 g/mol. The van der Waals surface area contributed by atoms with E-state index >= 15 is 0 Å². The zero-order chi connectivity index (χ0) is 7.56. The second kappa shape index (κ2) is 2.88. The van der Waals surface area contributed by atoms with Gasteiger partial charge in [-0.25, -0.2) is 0 Å². The molecule has 1 aliphatic heterocycles. The normalized spacial score (nSPS) is 19.4. The summed E-state index contributed by atoms with van der Waals surface area (Å²) in [7, 11) is 0. The van der Waals surface area contributed by atoms with Crippen LogP contribution in [0.3, 0.4) is 0 Å². The van der Waals surface area contributed by atoms with Crippen molar-refractivity contribution in [2.75, 3.05) is 11.5 Å². The number of nitrogens with one attached hydrogen (secondary N) is 1. The molecule has 3 nitrogen and oxygen atoms in total. The third-order valence-electron chi connectivity index (χ3n) is 1.23. The minimum atomic E-state index is -0.149. The molecule has 0 bridgehead atoms. The van der Waals surface area contributed by atoms with Crippen molar-refractivity contribution in [3.8, 4) is 0 Å². The first kappa shape index (κ1) is 7.34. The second-order valence-corrected chi connectivity index (χ2v) is 2.91. The molecule has 0 atom stereocenters. The van der Waals surface area contributed by atoms with E-state index in [4.69, 9.17) is 10.5 Å². The van der Waals surface area contributed by atoms with Crippen LogP contribution in [0.5, 0.6) is 0 Å². The highest BCUT2D eigenvalue weighted by Gasteiger charge is 2.17. The first-order valence-electron chi connectivity index (χ1n) is 2.79. The number of carbonyl (C=O) groups is 1. The molecule has 0 radical (unpaired) electrons. The zero-order valence-electron chi connectivity index (χ0n) is 5.26. The number of ketones is 1. The smallest absolute Gasteiger partial charge is 0.177 e. The highest BCUT2D eigenvalue weighted by atomic mass is 32.2. The monoisotopic (exact) mass is 157 g/mol. The first-order valence-corrected chi connectivity index (χ1v) is 3.94. The molecule has 0 aromatic carbocycles. The van der Waals surface area contributed by atoms with Gasteiger partial charge in [-0.05, 0) is 0 Å². The van der Waals surface area contributed by atoms with E-state index in [2.05, 4.69) is 0 Å². The molecule has 0 aromatic rings. The van der Waals surface area contributed by atoms with Gasteiger partial charge in [0.05, 0.1) is 17.1 Å². The lowest BCUT2D eigenvalue weighted by Crippen LogP contribution is -2.15. The number of rotatable bonds is 1. The molecule has 0 aromatic heterocycles. The fourth-order valence-electron chi connectivity index (χ4n) is 0.721. The van der Waals surface area contributed by atoms with E-state index in [0.717, 1.165) is 6.21 Å². The third-order valence-corrected chi connectivity index (χ3v) is 2.17. The Kier molecular flexibility index (Phi) is 2.11. The number of thioether (sulfide) groups is 1. The minimum Gasteiger partial charge on any atom is -0.511 e. The van der Waals surface area contributed by atoms with Gasteiger partial charge >= 0.3 is 0 Å². The lowest BCUT2D eigenvalue weighted by Gasteiger charge is -2.09. The Morgan fingerprint density at radius 1 is 1.60 bits per heavy atom. The van der Waals surface area contributed by atoms with Crippen LogP contribution in [0, 0.1) is 5.41 Å². The molecule has 1 aliphatic rings. The van der Waals surface area contributed by atoms with Crippen LogP contribution in [0.1, 0.15) is 0 Å². The summed E-state index contributed by atoms with van der Waals surface area (Å²) >= 11 is 1.37. The molecular formula is C6H7NO2S. The van der Waals surface area contributed by atoms with Crippen LogP contribution in [0.2, 0.25) is 0 Å². The Balaban J connectivity index is 2.94. The maximum absolute atomic E-state index is 10.8. The van der Waals surface area contributed by atoms with Gasteiger partial charge in [-0.1, -0.05) is 0 Å². The molecule has 2 N–H and O–H groups in total. The number of carbonyl (C=O) groups excluding carboxylic acids is 1. The molecule has 10 heavy (non-hydrogen) atoms. The van der Waals surface area contributed by atoms with Crippen LogP contribution in [0.25, 0.3) is 0 Å². The summed E-state index contributed by atoms with van der Waals surface area (Å²) in [5.74, 6) is 0.727. The van der Waals surface area contributed by atoms with Gasteiger partial charge in [-0.2, -0.15) is 0 Å². The molecule has 0 fully saturated rings. The molecule has 1 heterocycles. The van der Waals surface area contributed by atoms with Crippen LogP contribution >= 0.6 is 11.8 Å². The quantitative estimate of drug-likeness (QED) is 0.552. The van der Waals surface area contributed by atoms with Crippen molar-refractivity contribution in [2.24, 2.45) is 0 Å². The largest absolute Gasteiger partial charge is 0.511 e. The van der Waals surface area contributed by atoms with Crippen LogP contribution in [0.4, 0.5) is 0 Å². The highest BCUT2D eigenvalue weighted by molar-refractivity contribution is 8.00. The molecule has 0 unspecified atom stereocenters.